The minimum Gasteiger partial charge on any atom is -0.497 e. The van der Waals surface area contributed by atoms with Gasteiger partial charge in [-0.15, -0.1) is 0 Å². The second-order valence-electron chi connectivity index (χ2n) is 6.14. The van der Waals surface area contributed by atoms with Crippen molar-refractivity contribution < 1.29 is 14.3 Å². The molecule has 0 saturated carbocycles. The summed E-state index contributed by atoms with van der Waals surface area (Å²) in [7, 11) is 1.58. The molecule has 28 heavy (non-hydrogen) atoms. The SMILES string of the molecule is COc1ccc(NC(=O)CSC2=C(C#N)C(c3ccccc3)CC(=O)N2)cc1. The smallest absolute Gasteiger partial charge is 0.234 e. The molecule has 0 fully saturated rings. The van der Waals surface area contributed by atoms with E-state index in [0.29, 0.717) is 22.0 Å². The maximum absolute atomic E-state index is 12.3. The van der Waals surface area contributed by atoms with Crippen LogP contribution in [0.15, 0.2) is 65.2 Å². The Bertz CT molecular complexity index is 934. The molecule has 6 nitrogen and oxygen atoms in total. The van der Waals surface area contributed by atoms with Crippen LogP contribution in [0.3, 0.4) is 0 Å². The number of allylic oxidation sites excluding steroid dienone is 1. The molecule has 2 N–H and O–H groups in total. The van der Waals surface area contributed by atoms with Gasteiger partial charge in [0.2, 0.25) is 11.8 Å². The second-order valence-corrected chi connectivity index (χ2v) is 7.12. The highest BCUT2D eigenvalue weighted by atomic mass is 32.2. The van der Waals surface area contributed by atoms with Crippen molar-refractivity contribution in [1.82, 2.24) is 5.32 Å². The summed E-state index contributed by atoms with van der Waals surface area (Å²) < 4.78 is 5.09. The monoisotopic (exact) mass is 393 g/mol. The maximum atomic E-state index is 12.3. The Morgan fingerprint density at radius 2 is 1.96 bits per heavy atom. The van der Waals surface area contributed by atoms with Gasteiger partial charge >= 0.3 is 0 Å². The van der Waals surface area contributed by atoms with Crippen molar-refractivity contribution >= 4 is 29.3 Å². The molecule has 0 aromatic heterocycles. The second kappa shape index (κ2) is 9.11. The first-order chi connectivity index (χ1) is 13.6. The standard InChI is InChI=1S/C21H19N3O3S/c1-27-16-9-7-15(8-10-16)23-20(26)13-28-21-18(12-22)17(11-19(25)24-21)14-5-3-2-4-6-14/h2-10,17H,11,13H2,1H3,(H,23,26)(H,24,25). The van der Waals surface area contributed by atoms with Gasteiger partial charge in [-0.3, -0.25) is 9.59 Å². The van der Waals surface area contributed by atoms with Gasteiger partial charge in [0.1, 0.15) is 5.75 Å². The maximum Gasteiger partial charge on any atom is 0.234 e. The van der Waals surface area contributed by atoms with Crippen molar-refractivity contribution in [3.8, 4) is 11.8 Å². The van der Waals surface area contributed by atoms with Crippen LogP contribution in [0, 0.1) is 11.3 Å². The van der Waals surface area contributed by atoms with Gasteiger partial charge in [0.05, 0.1) is 29.5 Å². The molecular weight excluding hydrogens is 374 g/mol. The molecule has 7 heteroatoms. The lowest BCUT2D eigenvalue weighted by molar-refractivity contribution is -0.121. The molecule has 1 heterocycles. The highest BCUT2D eigenvalue weighted by Gasteiger charge is 2.29. The van der Waals surface area contributed by atoms with Crippen molar-refractivity contribution in [1.29, 1.82) is 5.26 Å². The van der Waals surface area contributed by atoms with E-state index in [-0.39, 0.29) is 29.9 Å². The van der Waals surface area contributed by atoms with Crippen LogP contribution in [0.1, 0.15) is 17.9 Å². The summed E-state index contributed by atoms with van der Waals surface area (Å²) in [5.41, 5.74) is 2.04. The highest BCUT2D eigenvalue weighted by Crippen LogP contribution is 2.35. The van der Waals surface area contributed by atoms with Crippen LogP contribution < -0.4 is 15.4 Å². The lowest BCUT2D eigenvalue weighted by Gasteiger charge is -2.25. The molecule has 1 atom stereocenters. The third-order valence-corrected chi connectivity index (χ3v) is 5.30. The molecule has 1 unspecified atom stereocenters. The number of ether oxygens (including phenoxy) is 1. The molecule has 0 spiro atoms. The van der Waals surface area contributed by atoms with E-state index in [1.165, 1.54) is 0 Å². The van der Waals surface area contributed by atoms with Crippen LogP contribution in [-0.2, 0) is 9.59 Å². The van der Waals surface area contributed by atoms with Crippen molar-refractivity contribution in [3.63, 3.8) is 0 Å². The Kier molecular flexibility index (Phi) is 6.35. The molecule has 0 saturated heterocycles. The van der Waals surface area contributed by atoms with Crippen LogP contribution in [0.2, 0.25) is 0 Å². The van der Waals surface area contributed by atoms with E-state index in [1.807, 2.05) is 30.3 Å². The lowest BCUT2D eigenvalue weighted by atomic mass is 9.87. The fourth-order valence-corrected chi connectivity index (χ4v) is 3.79. The van der Waals surface area contributed by atoms with Crippen LogP contribution in [0.4, 0.5) is 5.69 Å². The van der Waals surface area contributed by atoms with Gasteiger partial charge in [-0.2, -0.15) is 5.26 Å². The molecule has 1 aliphatic heterocycles. The number of rotatable bonds is 6. The number of hydrogen-bond acceptors (Lipinski definition) is 5. The summed E-state index contributed by atoms with van der Waals surface area (Å²) in [6, 6.07) is 18.7. The fourth-order valence-electron chi connectivity index (χ4n) is 2.91. The number of methoxy groups -OCH3 is 1. The van der Waals surface area contributed by atoms with Crippen molar-refractivity contribution in [2.24, 2.45) is 0 Å². The first-order valence-corrected chi connectivity index (χ1v) is 9.65. The summed E-state index contributed by atoms with van der Waals surface area (Å²) in [4.78, 5) is 24.4. The van der Waals surface area contributed by atoms with Crippen molar-refractivity contribution in [3.05, 3.63) is 70.8 Å². The summed E-state index contributed by atoms with van der Waals surface area (Å²) in [6.45, 7) is 0. The number of amides is 2. The van der Waals surface area contributed by atoms with E-state index in [2.05, 4.69) is 16.7 Å². The average molecular weight is 393 g/mol. The number of nitrogens with zero attached hydrogens (tertiary/aromatic N) is 1. The Morgan fingerprint density at radius 1 is 1.25 bits per heavy atom. The van der Waals surface area contributed by atoms with E-state index >= 15 is 0 Å². The Hall–Kier alpha value is -3.24. The first-order valence-electron chi connectivity index (χ1n) is 8.66. The van der Waals surface area contributed by atoms with Crippen LogP contribution in [0.25, 0.3) is 0 Å². The Morgan fingerprint density at radius 3 is 2.61 bits per heavy atom. The molecule has 3 rings (SSSR count). The summed E-state index contributed by atoms with van der Waals surface area (Å²) in [5.74, 6) is 0.0936. The lowest BCUT2D eigenvalue weighted by Crippen LogP contribution is -2.31. The molecule has 2 amide bonds. The minimum absolute atomic E-state index is 0.0777. The molecule has 2 aromatic carbocycles. The number of carbonyl (C=O) groups is 2. The first kappa shape index (κ1) is 19.5. The number of carbonyl (C=O) groups excluding carboxylic acids is 2. The molecule has 0 aliphatic carbocycles. The fraction of sp³-hybridized carbons (Fsp3) is 0.190. The van der Waals surface area contributed by atoms with E-state index in [9.17, 15) is 14.9 Å². The normalized spacial score (nSPS) is 16.1. The zero-order valence-electron chi connectivity index (χ0n) is 15.3. The van der Waals surface area contributed by atoms with Crippen LogP contribution in [0.5, 0.6) is 5.75 Å². The predicted molar refractivity (Wildman–Crippen MR) is 109 cm³/mol. The van der Waals surface area contributed by atoms with Gasteiger partial charge < -0.3 is 15.4 Å². The van der Waals surface area contributed by atoms with Crippen molar-refractivity contribution in [2.45, 2.75) is 12.3 Å². The minimum atomic E-state index is -0.299. The number of benzene rings is 2. The van der Waals surface area contributed by atoms with Gasteiger partial charge in [0, 0.05) is 18.0 Å². The molecule has 2 aromatic rings. The number of hydrogen-bond donors (Lipinski definition) is 2. The largest absolute Gasteiger partial charge is 0.497 e. The summed E-state index contributed by atoms with van der Waals surface area (Å²) >= 11 is 1.16. The Balaban J connectivity index is 1.70. The molecular formula is C21H19N3O3S. The number of anilines is 1. The van der Waals surface area contributed by atoms with Crippen LogP contribution >= 0.6 is 11.8 Å². The van der Waals surface area contributed by atoms with Gasteiger partial charge in [-0.1, -0.05) is 42.1 Å². The van der Waals surface area contributed by atoms with E-state index in [4.69, 9.17) is 4.74 Å². The third-order valence-electron chi connectivity index (χ3n) is 4.28. The summed E-state index contributed by atoms with van der Waals surface area (Å²) in [6.07, 6.45) is 0.217. The zero-order valence-corrected chi connectivity index (χ0v) is 16.1. The van der Waals surface area contributed by atoms with E-state index in [1.54, 1.807) is 31.4 Å². The van der Waals surface area contributed by atoms with E-state index in [0.717, 1.165) is 17.3 Å². The molecule has 142 valence electrons. The third kappa shape index (κ3) is 4.72. The van der Waals surface area contributed by atoms with Gasteiger partial charge in [-0.25, -0.2) is 0 Å². The molecule has 0 bridgehead atoms. The van der Waals surface area contributed by atoms with E-state index < -0.39 is 0 Å². The van der Waals surface area contributed by atoms with Gasteiger partial charge in [-0.05, 0) is 29.8 Å². The summed E-state index contributed by atoms with van der Waals surface area (Å²) in [5, 5.41) is 15.6. The number of nitriles is 1. The van der Waals surface area contributed by atoms with Crippen molar-refractivity contribution in [2.75, 3.05) is 18.2 Å². The predicted octanol–water partition coefficient (Wildman–Crippen LogP) is 3.41. The average Bonchev–Trinajstić information content (AvgIpc) is 2.73. The van der Waals surface area contributed by atoms with Gasteiger partial charge in [0.25, 0.3) is 0 Å². The van der Waals surface area contributed by atoms with Gasteiger partial charge in [0.15, 0.2) is 0 Å². The Labute approximate surface area is 167 Å². The number of nitrogens with one attached hydrogen (secondary N) is 2. The molecule has 1 aliphatic rings. The van der Waals surface area contributed by atoms with Crippen LogP contribution in [-0.4, -0.2) is 24.7 Å². The topological polar surface area (TPSA) is 91.2 Å². The highest BCUT2D eigenvalue weighted by molar-refractivity contribution is 8.03. The zero-order chi connectivity index (χ0) is 19.9. The quantitative estimate of drug-likeness (QED) is 0.785. The number of thioether (sulfide) groups is 1. The molecule has 0 radical (unpaired) electrons.